The lowest BCUT2D eigenvalue weighted by Crippen LogP contribution is -2.49. The zero-order chi connectivity index (χ0) is 21.9. The van der Waals surface area contributed by atoms with Gasteiger partial charge >= 0.3 is 0 Å². The molecule has 32 heavy (non-hydrogen) atoms. The Kier molecular flexibility index (Phi) is 5.37. The Morgan fingerprint density at radius 3 is 2.19 bits per heavy atom. The van der Waals surface area contributed by atoms with Crippen molar-refractivity contribution in [2.75, 3.05) is 31.1 Å². The molecular weight excluding hydrogens is 400 g/mol. The molecule has 2 aromatic heterocycles. The summed E-state index contributed by atoms with van der Waals surface area (Å²) in [6.07, 6.45) is 3.45. The Hall–Kier alpha value is -4.00. The van der Waals surface area contributed by atoms with Gasteiger partial charge in [0.05, 0.1) is 5.69 Å². The molecule has 1 saturated heterocycles. The minimum atomic E-state index is 0.0691. The van der Waals surface area contributed by atoms with Crippen LogP contribution in [0.5, 0.6) is 0 Å². The van der Waals surface area contributed by atoms with Crippen LogP contribution in [-0.2, 0) is 0 Å². The Labute approximate surface area is 187 Å². The van der Waals surface area contributed by atoms with Crippen molar-refractivity contribution in [3.63, 3.8) is 0 Å². The monoisotopic (exact) mass is 424 g/mol. The summed E-state index contributed by atoms with van der Waals surface area (Å²) in [5.41, 5.74) is 3.92. The number of anilines is 1. The van der Waals surface area contributed by atoms with E-state index in [0.29, 0.717) is 13.1 Å². The van der Waals surface area contributed by atoms with Crippen LogP contribution in [0.25, 0.3) is 16.9 Å². The number of hydrogen-bond donors (Lipinski definition) is 0. The number of hydrogen-bond acceptors (Lipinski definition) is 5. The molecule has 3 heterocycles. The maximum atomic E-state index is 13.0. The number of carbonyl (C=O) groups is 1. The summed E-state index contributed by atoms with van der Waals surface area (Å²) in [7, 11) is 0. The molecule has 0 N–H and O–H groups in total. The number of piperazine rings is 1. The standard InChI is InChI=1S/C25H24N6O/c1-19-11-12-31(28-19)24-17-23(26-18-27-24)29-13-15-30(16-14-29)25(32)22-9-7-21(8-10-22)20-5-3-2-4-6-20/h2-12,17-18H,13-16H2,1H3. The van der Waals surface area contributed by atoms with Gasteiger partial charge in [-0.25, -0.2) is 14.6 Å². The summed E-state index contributed by atoms with van der Waals surface area (Å²) < 4.78 is 1.75. The molecule has 1 amide bonds. The molecule has 1 fully saturated rings. The van der Waals surface area contributed by atoms with Crippen LogP contribution in [0, 0.1) is 6.92 Å². The average Bonchev–Trinajstić information content (AvgIpc) is 3.31. The molecule has 0 atom stereocenters. The first-order chi connectivity index (χ1) is 15.7. The van der Waals surface area contributed by atoms with Gasteiger partial charge in [-0.1, -0.05) is 42.5 Å². The second-order valence-electron chi connectivity index (χ2n) is 7.86. The fourth-order valence-electron chi connectivity index (χ4n) is 3.94. The van der Waals surface area contributed by atoms with E-state index in [0.717, 1.165) is 47.1 Å². The molecule has 1 aliphatic rings. The van der Waals surface area contributed by atoms with Gasteiger partial charge in [-0.2, -0.15) is 5.10 Å². The highest BCUT2D eigenvalue weighted by molar-refractivity contribution is 5.95. The molecule has 1 aliphatic heterocycles. The molecule has 5 rings (SSSR count). The summed E-state index contributed by atoms with van der Waals surface area (Å²) in [6.45, 7) is 4.70. The normalized spacial score (nSPS) is 13.9. The molecule has 7 heteroatoms. The van der Waals surface area contributed by atoms with E-state index in [-0.39, 0.29) is 5.91 Å². The predicted molar refractivity (Wildman–Crippen MR) is 124 cm³/mol. The molecule has 0 radical (unpaired) electrons. The minimum absolute atomic E-state index is 0.0691. The van der Waals surface area contributed by atoms with Gasteiger partial charge in [0, 0.05) is 44.0 Å². The molecule has 0 unspecified atom stereocenters. The van der Waals surface area contributed by atoms with Crippen molar-refractivity contribution >= 4 is 11.7 Å². The third-order valence-electron chi connectivity index (χ3n) is 5.73. The van der Waals surface area contributed by atoms with Gasteiger partial charge in [0.2, 0.25) is 0 Å². The summed E-state index contributed by atoms with van der Waals surface area (Å²) in [4.78, 5) is 25.9. The highest BCUT2D eigenvalue weighted by Gasteiger charge is 2.23. The maximum absolute atomic E-state index is 13.0. The topological polar surface area (TPSA) is 67.2 Å². The highest BCUT2D eigenvalue weighted by Crippen LogP contribution is 2.21. The van der Waals surface area contributed by atoms with E-state index in [1.54, 1.807) is 11.0 Å². The lowest BCUT2D eigenvalue weighted by Gasteiger charge is -2.35. The quantitative estimate of drug-likeness (QED) is 0.501. The fraction of sp³-hybridized carbons (Fsp3) is 0.200. The molecule has 0 aliphatic carbocycles. The fourth-order valence-corrected chi connectivity index (χ4v) is 3.94. The smallest absolute Gasteiger partial charge is 0.253 e. The maximum Gasteiger partial charge on any atom is 0.253 e. The van der Waals surface area contributed by atoms with E-state index in [4.69, 9.17) is 0 Å². The number of aromatic nitrogens is 4. The van der Waals surface area contributed by atoms with E-state index in [2.05, 4.69) is 32.1 Å². The van der Waals surface area contributed by atoms with Crippen molar-refractivity contribution in [1.82, 2.24) is 24.6 Å². The van der Waals surface area contributed by atoms with Gasteiger partial charge in [-0.05, 0) is 36.2 Å². The van der Waals surface area contributed by atoms with Gasteiger partial charge in [0.15, 0.2) is 5.82 Å². The lowest BCUT2D eigenvalue weighted by atomic mass is 10.0. The highest BCUT2D eigenvalue weighted by atomic mass is 16.2. The second-order valence-corrected chi connectivity index (χ2v) is 7.86. The average molecular weight is 425 g/mol. The van der Waals surface area contributed by atoms with Gasteiger partial charge < -0.3 is 9.80 Å². The van der Waals surface area contributed by atoms with Crippen LogP contribution in [0.4, 0.5) is 5.82 Å². The molecule has 7 nitrogen and oxygen atoms in total. The number of benzene rings is 2. The van der Waals surface area contributed by atoms with Crippen molar-refractivity contribution in [2.24, 2.45) is 0 Å². The second kappa shape index (κ2) is 8.63. The van der Waals surface area contributed by atoms with E-state index < -0.39 is 0 Å². The van der Waals surface area contributed by atoms with E-state index >= 15 is 0 Å². The molecule has 2 aromatic carbocycles. The van der Waals surface area contributed by atoms with Gasteiger partial charge in [-0.15, -0.1) is 0 Å². The molecule has 4 aromatic rings. The minimum Gasteiger partial charge on any atom is -0.353 e. The summed E-state index contributed by atoms with van der Waals surface area (Å²) in [5.74, 6) is 1.65. The lowest BCUT2D eigenvalue weighted by molar-refractivity contribution is 0.0746. The zero-order valence-corrected chi connectivity index (χ0v) is 17.9. The predicted octanol–water partition coefficient (Wildman–Crippen LogP) is 3.60. The van der Waals surface area contributed by atoms with Crippen LogP contribution in [0.2, 0.25) is 0 Å². The van der Waals surface area contributed by atoms with Gasteiger partial charge in [0.1, 0.15) is 12.1 Å². The first kappa shape index (κ1) is 19.9. The number of rotatable bonds is 4. The third-order valence-corrected chi connectivity index (χ3v) is 5.73. The SMILES string of the molecule is Cc1ccn(-c2cc(N3CCN(C(=O)c4ccc(-c5ccccc5)cc4)CC3)ncn2)n1. The summed E-state index contributed by atoms with van der Waals surface area (Å²) in [5, 5.41) is 4.42. The van der Waals surface area contributed by atoms with Crippen LogP contribution < -0.4 is 4.90 Å². The molecule has 160 valence electrons. The Morgan fingerprint density at radius 2 is 1.50 bits per heavy atom. The van der Waals surface area contributed by atoms with Crippen LogP contribution in [0.3, 0.4) is 0 Å². The third kappa shape index (κ3) is 4.09. The van der Waals surface area contributed by atoms with Crippen molar-refractivity contribution < 1.29 is 4.79 Å². The van der Waals surface area contributed by atoms with Crippen LogP contribution in [0.1, 0.15) is 16.1 Å². The number of aryl methyl sites for hydroxylation is 1. The van der Waals surface area contributed by atoms with Crippen LogP contribution in [0.15, 0.2) is 79.3 Å². The Bertz CT molecular complexity index is 1210. The van der Waals surface area contributed by atoms with Crippen molar-refractivity contribution in [3.05, 3.63) is 90.5 Å². The van der Waals surface area contributed by atoms with Gasteiger partial charge in [0.25, 0.3) is 5.91 Å². The molecule has 0 spiro atoms. The summed E-state index contributed by atoms with van der Waals surface area (Å²) >= 11 is 0. The molecule has 0 bridgehead atoms. The molecular formula is C25H24N6O. The molecule has 0 saturated carbocycles. The van der Waals surface area contributed by atoms with Crippen molar-refractivity contribution in [1.29, 1.82) is 0 Å². The van der Waals surface area contributed by atoms with Gasteiger partial charge in [-0.3, -0.25) is 4.79 Å². The van der Waals surface area contributed by atoms with E-state index in [1.165, 1.54) is 0 Å². The Balaban J connectivity index is 1.23. The first-order valence-electron chi connectivity index (χ1n) is 10.7. The zero-order valence-electron chi connectivity index (χ0n) is 17.9. The van der Waals surface area contributed by atoms with Crippen LogP contribution >= 0.6 is 0 Å². The largest absolute Gasteiger partial charge is 0.353 e. The Morgan fingerprint density at radius 1 is 0.812 bits per heavy atom. The van der Waals surface area contributed by atoms with E-state index in [9.17, 15) is 4.79 Å². The number of carbonyl (C=O) groups excluding carboxylic acids is 1. The van der Waals surface area contributed by atoms with Crippen molar-refractivity contribution in [2.45, 2.75) is 6.92 Å². The van der Waals surface area contributed by atoms with Crippen molar-refractivity contribution in [3.8, 4) is 16.9 Å². The number of amides is 1. The summed E-state index contributed by atoms with van der Waals surface area (Å²) in [6, 6.07) is 21.9. The first-order valence-corrected chi connectivity index (χ1v) is 10.7. The number of nitrogens with zero attached hydrogens (tertiary/aromatic N) is 6. The van der Waals surface area contributed by atoms with E-state index in [1.807, 2.05) is 72.6 Å². The van der Waals surface area contributed by atoms with Crippen LogP contribution in [-0.4, -0.2) is 56.7 Å².